The van der Waals surface area contributed by atoms with Gasteiger partial charge in [-0.2, -0.15) is 0 Å². The van der Waals surface area contributed by atoms with Gasteiger partial charge in [0.25, 0.3) is 0 Å². The van der Waals surface area contributed by atoms with E-state index in [1.165, 1.54) is 0 Å². The van der Waals surface area contributed by atoms with Gasteiger partial charge >= 0.3 is 5.97 Å². The standard InChI is InChI=1S/C8H17NO6S/c1-3-14-8(15-4-2)5-9-16(12,13)6-7(10)11/h8-9H,3-6H2,1-2H3,(H,10,11). The molecule has 0 spiro atoms. The molecule has 0 amide bonds. The van der Waals surface area contributed by atoms with E-state index in [0.29, 0.717) is 13.2 Å². The number of hydrogen-bond donors (Lipinski definition) is 2. The molecular weight excluding hydrogens is 238 g/mol. The van der Waals surface area contributed by atoms with Crippen LogP contribution >= 0.6 is 0 Å². The molecule has 0 atom stereocenters. The van der Waals surface area contributed by atoms with Gasteiger partial charge in [0, 0.05) is 13.2 Å². The fourth-order valence-electron chi connectivity index (χ4n) is 0.946. The molecule has 8 heteroatoms. The normalized spacial score (nSPS) is 11.9. The molecule has 0 radical (unpaired) electrons. The molecule has 16 heavy (non-hydrogen) atoms. The highest BCUT2D eigenvalue weighted by atomic mass is 32.2. The summed E-state index contributed by atoms with van der Waals surface area (Å²) in [7, 11) is -3.82. The zero-order valence-electron chi connectivity index (χ0n) is 9.30. The molecule has 0 aromatic rings. The summed E-state index contributed by atoms with van der Waals surface area (Å²) < 4.78 is 34.6. The summed E-state index contributed by atoms with van der Waals surface area (Å²) in [5.74, 6) is -2.37. The summed E-state index contributed by atoms with van der Waals surface area (Å²) in [4.78, 5) is 10.2. The van der Waals surface area contributed by atoms with E-state index in [1.807, 2.05) is 0 Å². The van der Waals surface area contributed by atoms with Crippen LogP contribution in [0.25, 0.3) is 0 Å². The number of aliphatic carboxylic acids is 1. The lowest BCUT2D eigenvalue weighted by Gasteiger charge is -2.16. The Morgan fingerprint density at radius 1 is 1.31 bits per heavy atom. The molecule has 0 heterocycles. The predicted molar refractivity (Wildman–Crippen MR) is 56.5 cm³/mol. The van der Waals surface area contributed by atoms with Crippen molar-refractivity contribution < 1.29 is 27.8 Å². The molecule has 0 unspecified atom stereocenters. The van der Waals surface area contributed by atoms with Crippen LogP contribution in [0.2, 0.25) is 0 Å². The summed E-state index contributed by atoms with van der Waals surface area (Å²) in [6, 6.07) is 0. The molecule has 7 nitrogen and oxygen atoms in total. The topological polar surface area (TPSA) is 102 Å². The van der Waals surface area contributed by atoms with Crippen molar-refractivity contribution >= 4 is 16.0 Å². The van der Waals surface area contributed by atoms with Crippen molar-refractivity contribution in [1.29, 1.82) is 0 Å². The molecule has 2 N–H and O–H groups in total. The molecular formula is C8H17NO6S. The van der Waals surface area contributed by atoms with Crippen LogP contribution in [0, 0.1) is 0 Å². The van der Waals surface area contributed by atoms with Gasteiger partial charge in [0.15, 0.2) is 12.0 Å². The van der Waals surface area contributed by atoms with Crippen molar-refractivity contribution in [3.8, 4) is 0 Å². The third kappa shape index (κ3) is 7.57. The smallest absolute Gasteiger partial charge is 0.320 e. The SMILES string of the molecule is CCOC(CNS(=O)(=O)CC(=O)O)OCC. The predicted octanol–water partition coefficient (Wildman–Crippen LogP) is -0.610. The third-order valence-corrected chi connectivity index (χ3v) is 2.72. The molecule has 96 valence electrons. The molecule has 0 saturated heterocycles. The van der Waals surface area contributed by atoms with E-state index in [2.05, 4.69) is 4.72 Å². The largest absolute Gasteiger partial charge is 0.480 e. The van der Waals surface area contributed by atoms with Crippen molar-refractivity contribution in [2.24, 2.45) is 0 Å². The Labute approximate surface area is 94.8 Å². The molecule has 0 aromatic heterocycles. The minimum atomic E-state index is -3.82. The maximum atomic E-state index is 11.2. The second kappa shape index (κ2) is 7.55. The van der Waals surface area contributed by atoms with Gasteiger partial charge in [0.05, 0.1) is 6.54 Å². The molecule has 0 aliphatic rings. The fourth-order valence-corrected chi connectivity index (χ4v) is 1.76. The van der Waals surface area contributed by atoms with Crippen molar-refractivity contribution in [1.82, 2.24) is 4.72 Å². The number of sulfonamides is 1. The first-order valence-electron chi connectivity index (χ1n) is 4.83. The third-order valence-electron chi connectivity index (χ3n) is 1.49. The zero-order chi connectivity index (χ0) is 12.6. The average Bonchev–Trinajstić information content (AvgIpc) is 2.13. The highest BCUT2D eigenvalue weighted by Gasteiger charge is 2.17. The Morgan fingerprint density at radius 3 is 2.19 bits per heavy atom. The van der Waals surface area contributed by atoms with Crippen LogP contribution in [0.3, 0.4) is 0 Å². The van der Waals surface area contributed by atoms with E-state index in [1.54, 1.807) is 13.8 Å². The first-order chi connectivity index (χ1) is 7.41. The Morgan fingerprint density at radius 2 is 1.81 bits per heavy atom. The lowest BCUT2D eigenvalue weighted by molar-refractivity contribution is -0.134. The van der Waals surface area contributed by atoms with E-state index in [0.717, 1.165) is 0 Å². The van der Waals surface area contributed by atoms with Crippen molar-refractivity contribution in [2.45, 2.75) is 20.1 Å². The number of hydrogen-bond acceptors (Lipinski definition) is 5. The maximum Gasteiger partial charge on any atom is 0.320 e. The first-order valence-corrected chi connectivity index (χ1v) is 6.48. The van der Waals surface area contributed by atoms with Crippen LogP contribution in [0.5, 0.6) is 0 Å². The quantitative estimate of drug-likeness (QED) is 0.533. The van der Waals surface area contributed by atoms with Crippen LogP contribution in [-0.4, -0.2) is 51.3 Å². The summed E-state index contributed by atoms with van der Waals surface area (Å²) >= 11 is 0. The molecule has 0 bridgehead atoms. The number of ether oxygens (including phenoxy) is 2. The van der Waals surface area contributed by atoms with Crippen LogP contribution in [-0.2, 0) is 24.3 Å². The van der Waals surface area contributed by atoms with E-state index < -0.39 is 28.0 Å². The van der Waals surface area contributed by atoms with Crippen LogP contribution in [0.15, 0.2) is 0 Å². The van der Waals surface area contributed by atoms with E-state index >= 15 is 0 Å². The Balaban J connectivity index is 4.12. The van der Waals surface area contributed by atoms with Crippen LogP contribution in [0.1, 0.15) is 13.8 Å². The van der Waals surface area contributed by atoms with Gasteiger partial charge in [-0.05, 0) is 13.8 Å². The van der Waals surface area contributed by atoms with Crippen LogP contribution in [0.4, 0.5) is 0 Å². The van der Waals surface area contributed by atoms with Gasteiger partial charge in [0.1, 0.15) is 0 Å². The van der Waals surface area contributed by atoms with Gasteiger partial charge < -0.3 is 14.6 Å². The number of carboxylic acids is 1. The number of carboxylic acid groups (broad SMARTS) is 1. The first kappa shape index (κ1) is 15.3. The van der Waals surface area contributed by atoms with Crippen LogP contribution < -0.4 is 4.72 Å². The van der Waals surface area contributed by atoms with Gasteiger partial charge in [-0.25, -0.2) is 13.1 Å². The maximum absolute atomic E-state index is 11.2. The highest BCUT2D eigenvalue weighted by molar-refractivity contribution is 7.90. The Hall–Kier alpha value is -0.700. The average molecular weight is 255 g/mol. The molecule has 0 saturated carbocycles. The molecule has 0 aromatic carbocycles. The molecule has 0 rings (SSSR count). The molecule has 0 aliphatic carbocycles. The van der Waals surface area contributed by atoms with Gasteiger partial charge in [0.2, 0.25) is 10.0 Å². The summed E-state index contributed by atoms with van der Waals surface area (Å²) in [6.07, 6.45) is -0.696. The summed E-state index contributed by atoms with van der Waals surface area (Å²) in [6.45, 7) is 4.16. The zero-order valence-corrected chi connectivity index (χ0v) is 10.1. The highest BCUT2D eigenvalue weighted by Crippen LogP contribution is 1.95. The molecule has 0 aliphatic heterocycles. The van der Waals surface area contributed by atoms with E-state index in [9.17, 15) is 13.2 Å². The summed E-state index contributed by atoms with van der Waals surface area (Å²) in [5.41, 5.74) is 0. The lowest BCUT2D eigenvalue weighted by atomic mass is 10.6. The van der Waals surface area contributed by atoms with E-state index in [4.69, 9.17) is 14.6 Å². The second-order valence-electron chi connectivity index (χ2n) is 2.84. The number of carbonyl (C=O) groups is 1. The second-order valence-corrected chi connectivity index (χ2v) is 4.65. The Bertz CT molecular complexity index is 296. The van der Waals surface area contributed by atoms with Crippen molar-refractivity contribution in [2.75, 3.05) is 25.5 Å². The summed E-state index contributed by atoms with van der Waals surface area (Å²) in [5, 5.41) is 8.34. The number of rotatable bonds is 9. The monoisotopic (exact) mass is 255 g/mol. The van der Waals surface area contributed by atoms with Crippen molar-refractivity contribution in [3.63, 3.8) is 0 Å². The fraction of sp³-hybridized carbons (Fsp3) is 0.875. The Kier molecular flexibility index (Phi) is 7.22. The number of nitrogens with one attached hydrogen (secondary N) is 1. The van der Waals surface area contributed by atoms with Gasteiger partial charge in [-0.1, -0.05) is 0 Å². The minimum Gasteiger partial charge on any atom is -0.480 e. The van der Waals surface area contributed by atoms with Gasteiger partial charge in [-0.3, -0.25) is 4.79 Å². The van der Waals surface area contributed by atoms with Gasteiger partial charge in [-0.15, -0.1) is 0 Å². The van der Waals surface area contributed by atoms with E-state index in [-0.39, 0.29) is 6.54 Å². The molecule has 0 fully saturated rings. The van der Waals surface area contributed by atoms with Crippen molar-refractivity contribution in [3.05, 3.63) is 0 Å². The minimum absolute atomic E-state index is 0.0999. The lowest BCUT2D eigenvalue weighted by Crippen LogP contribution is -2.38.